The third kappa shape index (κ3) is 2.68. The van der Waals surface area contributed by atoms with Gasteiger partial charge in [0.25, 0.3) is 0 Å². The van der Waals surface area contributed by atoms with Gasteiger partial charge in [-0.3, -0.25) is 4.98 Å². The fourth-order valence-electron chi connectivity index (χ4n) is 3.02. The average Bonchev–Trinajstić information content (AvgIpc) is 2.44. The van der Waals surface area contributed by atoms with E-state index < -0.39 is 0 Å². The van der Waals surface area contributed by atoms with Crippen molar-refractivity contribution in [1.29, 1.82) is 0 Å². The van der Waals surface area contributed by atoms with Crippen molar-refractivity contribution in [1.82, 2.24) is 20.3 Å². The van der Waals surface area contributed by atoms with E-state index in [-0.39, 0.29) is 0 Å². The molecule has 1 saturated carbocycles. The van der Waals surface area contributed by atoms with Gasteiger partial charge in [0.15, 0.2) is 5.82 Å². The molecule has 0 bridgehead atoms. The van der Waals surface area contributed by atoms with Crippen LogP contribution in [0, 0.1) is 6.92 Å². The molecule has 2 aliphatic rings. The molecule has 2 fully saturated rings. The van der Waals surface area contributed by atoms with E-state index >= 15 is 0 Å². The third-order valence-corrected chi connectivity index (χ3v) is 4.54. The lowest BCUT2D eigenvalue weighted by Gasteiger charge is -2.44. The molecular formula is C17H21N5. The Balaban J connectivity index is 1.47. The lowest BCUT2D eigenvalue weighted by Crippen LogP contribution is -2.61. The number of aromatic nitrogens is 3. The highest BCUT2D eigenvalue weighted by molar-refractivity contribution is 5.57. The Morgan fingerprint density at radius 1 is 1.18 bits per heavy atom. The highest BCUT2D eigenvalue weighted by atomic mass is 15.3. The molecule has 0 aromatic carbocycles. The second kappa shape index (κ2) is 5.65. The van der Waals surface area contributed by atoms with Gasteiger partial charge >= 0.3 is 0 Å². The van der Waals surface area contributed by atoms with Gasteiger partial charge in [-0.2, -0.15) is 0 Å². The van der Waals surface area contributed by atoms with E-state index in [4.69, 9.17) is 4.98 Å². The van der Waals surface area contributed by atoms with Crippen LogP contribution in [0.4, 0.5) is 5.82 Å². The van der Waals surface area contributed by atoms with E-state index in [1.54, 1.807) is 6.20 Å². The summed E-state index contributed by atoms with van der Waals surface area (Å²) in [6.07, 6.45) is 7.65. The van der Waals surface area contributed by atoms with Gasteiger partial charge in [-0.05, 0) is 31.9 Å². The van der Waals surface area contributed by atoms with Gasteiger partial charge < -0.3 is 10.2 Å². The zero-order chi connectivity index (χ0) is 14.9. The molecule has 0 spiro atoms. The molecule has 0 amide bonds. The summed E-state index contributed by atoms with van der Waals surface area (Å²) in [7, 11) is 0. The van der Waals surface area contributed by atoms with Crippen LogP contribution >= 0.6 is 0 Å². The largest absolute Gasteiger partial charge is 0.353 e. The van der Waals surface area contributed by atoms with Crippen molar-refractivity contribution in [2.75, 3.05) is 18.0 Å². The second-order valence-corrected chi connectivity index (χ2v) is 6.33. The lowest BCUT2D eigenvalue weighted by molar-refractivity contribution is 0.278. The van der Waals surface area contributed by atoms with Gasteiger partial charge in [0.05, 0.1) is 0 Å². The normalized spacial score (nSPS) is 18.9. The molecule has 0 atom stereocenters. The van der Waals surface area contributed by atoms with E-state index in [1.807, 2.05) is 25.3 Å². The number of aryl methyl sites for hydroxylation is 1. The second-order valence-electron chi connectivity index (χ2n) is 6.33. The molecule has 4 rings (SSSR count). The van der Waals surface area contributed by atoms with Crippen LogP contribution in [0.3, 0.4) is 0 Å². The van der Waals surface area contributed by atoms with E-state index in [0.29, 0.717) is 6.04 Å². The van der Waals surface area contributed by atoms with E-state index in [9.17, 15) is 0 Å². The first kappa shape index (κ1) is 13.6. The minimum Gasteiger partial charge on any atom is -0.353 e. The molecule has 1 aliphatic heterocycles. The van der Waals surface area contributed by atoms with Crippen LogP contribution < -0.4 is 10.2 Å². The monoisotopic (exact) mass is 295 g/mol. The van der Waals surface area contributed by atoms with Crippen molar-refractivity contribution in [2.45, 2.75) is 38.3 Å². The van der Waals surface area contributed by atoms with Gasteiger partial charge in [-0.25, -0.2) is 9.97 Å². The zero-order valence-corrected chi connectivity index (χ0v) is 12.9. The van der Waals surface area contributed by atoms with Gasteiger partial charge in [-0.1, -0.05) is 6.42 Å². The summed E-state index contributed by atoms with van der Waals surface area (Å²) in [6, 6.07) is 7.36. The van der Waals surface area contributed by atoms with Crippen molar-refractivity contribution in [3.8, 4) is 11.4 Å². The molecule has 1 aliphatic carbocycles. The molecular weight excluding hydrogens is 274 g/mol. The Hall–Kier alpha value is -2.01. The molecule has 5 heteroatoms. The Morgan fingerprint density at radius 2 is 2.05 bits per heavy atom. The molecule has 0 radical (unpaired) electrons. The standard InChI is InChI=1S/C17H21N5/c1-12-8-16(21-17(19-12)13-4-3-7-18-9-13)22-10-15(11-22)20-14-5-2-6-14/h3-4,7-9,14-15,20H,2,5-6,10-11H2,1H3. The molecule has 2 aromatic heterocycles. The van der Waals surface area contributed by atoms with Crippen molar-refractivity contribution in [3.63, 3.8) is 0 Å². The van der Waals surface area contributed by atoms with Crippen molar-refractivity contribution >= 4 is 5.82 Å². The highest BCUT2D eigenvalue weighted by Gasteiger charge is 2.31. The number of anilines is 1. The summed E-state index contributed by atoms with van der Waals surface area (Å²) in [4.78, 5) is 15.7. The Kier molecular flexibility index (Phi) is 3.50. The van der Waals surface area contributed by atoms with Crippen LogP contribution in [0.25, 0.3) is 11.4 Å². The Labute approximate surface area is 130 Å². The van der Waals surface area contributed by atoms with E-state index in [0.717, 1.165) is 42.0 Å². The third-order valence-electron chi connectivity index (χ3n) is 4.54. The van der Waals surface area contributed by atoms with E-state index in [1.165, 1.54) is 19.3 Å². The molecule has 2 aromatic rings. The molecule has 3 heterocycles. The van der Waals surface area contributed by atoms with Crippen LogP contribution in [0.2, 0.25) is 0 Å². The van der Waals surface area contributed by atoms with Crippen molar-refractivity contribution in [2.24, 2.45) is 0 Å². The van der Waals surface area contributed by atoms with Gasteiger partial charge in [0.2, 0.25) is 0 Å². The predicted octanol–water partition coefficient (Wildman–Crippen LogP) is 2.18. The highest BCUT2D eigenvalue weighted by Crippen LogP contribution is 2.25. The smallest absolute Gasteiger partial charge is 0.163 e. The number of hydrogen-bond acceptors (Lipinski definition) is 5. The summed E-state index contributed by atoms with van der Waals surface area (Å²) in [5.74, 6) is 1.79. The maximum Gasteiger partial charge on any atom is 0.163 e. The van der Waals surface area contributed by atoms with Crippen LogP contribution in [0.1, 0.15) is 25.0 Å². The maximum atomic E-state index is 4.72. The minimum absolute atomic E-state index is 0.613. The number of nitrogens with zero attached hydrogens (tertiary/aromatic N) is 4. The Morgan fingerprint density at radius 3 is 2.73 bits per heavy atom. The van der Waals surface area contributed by atoms with Crippen molar-refractivity contribution < 1.29 is 0 Å². The summed E-state index contributed by atoms with van der Waals surface area (Å²) >= 11 is 0. The van der Waals surface area contributed by atoms with Crippen molar-refractivity contribution in [3.05, 3.63) is 36.3 Å². The van der Waals surface area contributed by atoms with Crippen LogP contribution in [0.15, 0.2) is 30.6 Å². The quantitative estimate of drug-likeness (QED) is 0.937. The van der Waals surface area contributed by atoms with Crippen LogP contribution in [-0.4, -0.2) is 40.1 Å². The maximum absolute atomic E-state index is 4.72. The van der Waals surface area contributed by atoms with E-state index in [2.05, 4.69) is 26.3 Å². The molecule has 1 N–H and O–H groups in total. The fraction of sp³-hybridized carbons (Fsp3) is 0.471. The fourth-order valence-corrected chi connectivity index (χ4v) is 3.02. The Bertz CT molecular complexity index is 647. The first-order chi connectivity index (χ1) is 10.8. The number of nitrogens with one attached hydrogen (secondary N) is 1. The van der Waals surface area contributed by atoms with Gasteiger partial charge in [-0.15, -0.1) is 0 Å². The SMILES string of the molecule is Cc1cc(N2CC(NC3CCC3)C2)nc(-c2cccnc2)n1. The summed E-state index contributed by atoms with van der Waals surface area (Å²) in [5, 5.41) is 3.72. The zero-order valence-electron chi connectivity index (χ0n) is 12.9. The van der Waals surface area contributed by atoms with Crippen LogP contribution in [0.5, 0.6) is 0 Å². The number of rotatable bonds is 4. The number of pyridine rings is 1. The number of hydrogen-bond donors (Lipinski definition) is 1. The summed E-state index contributed by atoms with van der Waals surface area (Å²) in [6.45, 7) is 4.10. The van der Waals surface area contributed by atoms with Gasteiger partial charge in [0.1, 0.15) is 5.82 Å². The topological polar surface area (TPSA) is 53.9 Å². The first-order valence-electron chi connectivity index (χ1n) is 8.05. The molecule has 5 nitrogen and oxygen atoms in total. The molecule has 1 saturated heterocycles. The lowest BCUT2D eigenvalue weighted by atomic mass is 9.91. The van der Waals surface area contributed by atoms with Gasteiger partial charge in [0, 0.05) is 54.9 Å². The molecule has 22 heavy (non-hydrogen) atoms. The summed E-state index contributed by atoms with van der Waals surface area (Å²) < 4.78 is 0. The average molecular weight is 295 g/mol. The predicted molar refractivity (Wildman–Crippen MR) is 86.8 cm³/mol. The summed E-state index contributed by atoms with van der Waals surface area (Å²) in [5.41, 5.74) is 1.97. The minimum atomic E-state index is 0.613. The van der Waals surface area contributed by atoms with Crippen LogP contribution in [-0.2, 0) is 0 Å². The first-order valence-corrected chi connectivity index (χ1v) is 8.05. The molecule has 114 valence electrons. The molecule has 0 unspecified atom stereocenters.